The Morgan fingerprint density at radius 2 is 2.33 bits per heavy atom. The summed E-state index contributed by atoms with van der Waals surface area (Å²) in [4.78, 5) is 0. The Bertz CT molecular complexity index is 319. The van der Waals surface area contributed by atoms with Crippen molar-refractivity contribution < 1.29 is 4.52 Å². The van der Waals surface area contributed by atoms with Crippen LogP contribution in [-0.2, 0) is 13.0 Å². The highest BCUT2D eigenvalue weighted by molar-refractivity contribution is 5.30. The second kappa shape index (κ2) is 4.79. The van der Waals surface area contributed by atoms with Gasteiger partial charge in [-0.05, 0) is 32.2 Å². The summed E-state index contributed by atoms with van der Waals surface area (Å²) in [7, 11) is 0. The second-order valence-corrected chi connectivity index (χ2v) is 4.29. The van der Waals surface area contributed by atoms with Crippen LogP contribution < -0.4 is 5.32 Å². The molecule has 3 nitrogen and oxygen atoms in total. The van der Waals surface area contributed by atoms with Crippen molar-refractivity contribution in [3.05, 3.63) is 17.0 Å². The van der Waals surface area contributed by atoms with Crippen molar-refractivity contribution in [3.63, 3.8) is 0 Å². The van der Waals surface area contributed by atoms with Gasteiger partial charge in [0.25, 0.3) is 0 Å². The van der Waals surface area contributed by atoms with E-state index in [1.165, 1.54) is 18.4 Å². The minimum Gasteiger partial charge on any atom is -0.361 e. The molecule has 1 heterocycles. The number of aromatic nitrogens is 1. The van der Waals surface area contributed by atoms with E-state index in [1.807, 2.05) is 0 Å². The van der Waals surface area contributed by atoms with Crippen LogP contribution >= 0.6 is 0 Å². The Labute approximate surface area is 91.2 Å². The molecule has 0 saturated heterocycles. The Kier molecular flexibility index (Phi) is 3.41. The molecule has 1 aromatic rings. The molecule has 0 bridgehead atoms. The van der Waals surface area contributed by atoms with Crippen LogP contribution in [0.4, 0.5) is 0 Å². The molecule has 0 aliphatic heterocycles. The monoisotopic (exact) mass is 208 g/mol. The molecule has 0 aromatic carbocycles. The summed E-state index contributed by atoms with van der Waals surface area (Å²) >= 11 is 0. The van der Waals surface area contributed by atoms with Gasteiger partial charge in [-0.2, -0.15) is 0 Å². The smallest absolute Gasteiger partial charge is 0.143 e. The normalized spacial score (nSPS) is 19.5. The standard InChI is InChI=1S/C12H20N2O/c1-3-7-13-8-11-10-6-5-9(4-2)12(10)15-14-11/h9,13H,3-8H2,1-2H3. The summed E-state index contributed by atoms with van der Waals surface area (Å²) < 4.78 is 5.45. The van der Waals surface area contributed by atoms with E-state index in [0.717, 1.165) is 37.4 Å². The third-order valence-corrected chi connectivity index (χ3v) is 3.23. The fourth-order valence-electron chi connectivity index (χ4n) is 2.31. The van der Waals surface area contributed by atoms with Crippen molar-refractivity contribution in [1.82, 2.24) is 10.5 Å². The summed E-state index contributed by atoms with van der Waals surface area (Å²) in [5, 5.41) is 7.55. The van der Waals surface area contributed by atoms with E-state index < -0.39 is 0 Å². The highest BCUT2D eigenvalue weighted by atomic mass is 16.5. The molecule has 0 radical (unpaired) electrons. The van der Waals surface area contributed by atoms with Gasteiger partial charge in [0.2, 0.25) is 0 Å². The first-order valence-electron chi connectivity index (χ1n) is 6.04. The van der Waals surface area contributed by atoms with Gasteiger partial charge in [0, 0.05) is 18.0 Å². The van der Waals surface area contributed by atoms with E-state index in [9.17, 15) is 0 Å². The van der Waals surface area contributed by atoms with Crippen LogP contribution in [0.1, 0.15) is 56.0 Å². The third-order valence-electron chi connectivity index (χ3n) is 3.23. The summed E-state index contributed by atoms with van der Waals surface area (Å²) in [5.74, 6) is 1.78. The number of rotatable bonds is 5. The third kappa shape index (κ3) is 2.07. The first kappa shape index (κ1) is 10.7. The van der Waals surface area contributed by atoms with Crippen molar-refractivity contribution in [3.8, 4) is 0 Å². The van der Waals surface area contributed by atoms with Gasteiger partial charge in [-0.3, -0.25) is 0 Å². The Morgan fingerprint density at radius 1 is 1.47 bits per heavy atom. The van der Waals surface area contributed by atoms with Crippen molar-refractivity contribution in [1.29, 1.82) is 0 Å². The molecule has 84 valence electrons. The number of hydrogen-bond donors (Lipinski definition) is 1. The lowest BCUT2D eigenvalue weighted by Crippen LogP contribution is -2.14. The van der Waals surface area contributed by atoms with Crippen LogP contribution in [0.2, 0.25) is 0 Å². The highest BCUT2D eigenvalue weighted by Gasteiger charge is 2.28. The van der Waals surface area contributed by atoms with E-state index >= 15 is 0 Å². The molecule has 0 saturated carbocycles. The Balaban J connectivity index is 2.02. The minimum atomic E-state index is 0.618. The Morgan fingerprint density at radius 3 is 3.07 bits per heavy atom. The number of nitrogens with zero attached hydrogens (tertiary/aromatic N) is 1. The first-order valence-corrected chi connectivity index (χ1v) is 6.04. The van der Waals surface area contributed by atoms with Crippen LogP contribution in [0.25, 0.3) is 0 Å². The molecule has 0 amide bonds. The van der Waals surface area contributed by atoms with Crippen LogP contribution in [-0.4, -0.2) is 11.7 Å². The summed E-state index contributed by atoms with van der Waals surface area (Å²) in [6.07, 6.45) is 4.73. The van der Waals surface area contributed by atoms with Gasteiger partial charge < -0.3 is 9.84 Å². The maximum atomic E-state index is 5.45. The average Bonchev–Trinajstić information content (AvgIpc) is 2.80. The van der Waals surface area contributed by atoms with Gasteiger partial charge in [0.05, 0.1) is 0 Å². The molecule has 1 aliphatic carbocycles. The minimum absolute atomic E-state index is 0.618. The zero-order chi connectivity index (χ0) is 10.7. The molecule has 1 aliphatic rings. The Hall–Kier alpha value is -0.830. The molecule has 0 fully saturated rings. The van der Waals surface area contributed by atoms with E-state index in [4.69, 9.17) is 4.52 Å². The lowest BCUT2D eigenvalue weighted by Gasteiger charge is -2.00. The van der Waals surface area contributed by atoms with Crippen LogP contribution in [0, 0.1) is 0 Å². The lowest BCUT2D eigenvalue weighted by molar-refractivity contribution is 0.352. The number of fused-ring (bicyclic) bond motifs is 1. The first-order chi connectivity index (χ1) is 7.36. The van der Waals surface area contributed by atoms with Gasteiger partial charge in [-0.15, -0.1) is 0 Å². The van der Waals surface area contributed by atoms with Gasteiger partial charge >= 0.3 is 0 Å². The van der Waals surface area contributed by atoms with Crippen molar-refractivity contribution in [2.45, 2.75) is 52.0 Å². The average molecular weight is 208 g/mol. The second-order valence-electron chi connectivity index (χ2n) is 4.29. The van der Waals surface area contributed by atoms with E-state index in [1.54, 1.807) is 0 Å². The molecule has 3 heteroatoms. The maximum Gasteiger partial charge on any atom is 0.143 e. The fraction of sp³-hybridized carbons (Fsp3) is 0.750. The van der Waals surface area contributed by atoms with Crippen molar-refractivity contribution >= 4 is 0 Å². The molecule has 1 unspecified atom stereocenters. The predicted molar refractivity (Wildman–Crippen MR) is 59.9 cm³/mol. The van der Waals surface area contributed by atoms with Gasteiger partial charge in [0.1, 0.15) is 11.5 Å². The van der Waals surface area contributed by atoms with Gasteiger partial charge in [-0.1, -0.05) is 19.0 Å². The summed E-state index contributed by atoms with van der Waals surface area (Å²) in [5.41, 5.74) is 2.51. The highest BCUT2D eigenvalue weighted by Crippen LogP contribution is 2.36. The maximum absolute atomic E-state index is 5.45. The lowest BCUT2D eigenvalue weighted by atomic mass is 10.1. The fourth-order valence-corrected chi connectivity index (χ4v) is 2.31. The molecular formula is C12H20N2O. The molecule has 2 rings (SSSR count). The quantitative estimate of drug-likeness (QED) is 0.756. The van der Waals surface area contributed by atoms with Gasteiger partial charge in [0.15, 0.2) is 0 Å². The summed E-state index contributed by atoms with van der Waals surface area (Å²) in [6, 6.07) is 0. The number of hydrogen-bond acceptors (Lipinski definition) is 3. The molecule has 1 atom stereocenters. The number of nitrogens with one attached hydrogen (secondary N) is 1. The van der Waals surface area contributed by atoms with Crippen molar-refractivity contribution in [2.24, 2.45) is 0 Å². The molecule has 1 aromatic heterocycles. The van der Waals surface area contributed by atoms with E-state index in [0.29, 0.717) is 5.92 Å². The van der Waals surface area contributed by atoms with E-state index in [2.05, 4.69) is 24.3 Å². The topological polar surface area (TPSA) is 38.1 Å². The molecular weight excluding hydrogens is 188 g/mol. The molecule has 0 spiro atoms. The van der Waals surface area contributed by atoms with Crippen LogP contribution in [0.5, 0.6) is 0 Å². The molecule has 15 heavy (non-hydrogen) atoms. The molecule has 1 N–H and O–H groups in total. The largest absolute Gasteiger partial charge is 0.361 e. The predicted octanol–water partition coefficient (Wildman–Crippen LogP) is 2.61. The van der Waals surface area contributed by atoms with Crippen LogP contribution in [0.15, 0.2) is 4.52 Å². The zero-order valence-electron chi connectivity index (χ0n) is 9.68. The van der Waals surface area contributed by atoms with Gasteiger partial charge in [-0.25, -0.2) is 0 Å². The van der Waals surface area contributed by atoms with Crippen molar-refractivity contribution in [2.75, 3.05) is 6.54 Å². The SMILES string of the molecule is CCCNCc1noc2c1CCC2CC. The zero-order valence-corrected chi connectivity index (χ0v) is 9.68. The van der Waals surface area contributed by atoms with E-state index in [-0.39, 0.29) is 0 Å². The summed E-state index contributed by atoms with van der Waals surface area (Å²) in [6.45, 7) is 6.31. The van der Waals surface area contributed by atoms with Crippen LogP contribution in [0.3, 0.4) is 0 Å².